The summed E-state index contributed by atoms with van der Waals surface area (Å²) in [6, 6.07) is 13.6. The van der Waals surface area contributed by atoms with Crippen LogP contribution in [0.2, 0.25) is 0 Å². The van der Waals surface area contributed by atoms with E-state index in [1.165, 1.54) is 12.1 Å². The number of carbonyl (C=O) groups is 4. The van der Waals surface area contributed by atoms with Crippen LogP contribution in [0.5, 0.6) is 5.75 Å². The SMILES string of the molecule is Cn1c[n+](CCCNC(=O)OC(C)(C)C)cc1-c1ccc(OCC(ON2C(=O)c3ccccc3C2=O)C(=O)OC(C)(C)C)cc1.[I-]. The second-order valence-electron chi connectivity index (χ2n) is 12.7. The Morgan fingerprint density at radius 3 is 2.04 bits per heavy atom. The van der Waals surface area contributed by atoms with Gasteiger partial charge >= 0.3 is 12.1 Å². The Bertz CT molecular complexity index is 1520. The van der Waals surface area contributed by atoms with Gasteiger partial charge in [0.2, 0.25) is 12.4 Å². The maximum absolute atomic E-state index is 13.0. The van der Waals surface area contributed by atoms with Crippen molar-refractivity contribution < 1.29 is 66.8 Å². The van der Waals surface area contributed by atoms with Crippen molar-refractivity contribution in [3.05, 3.63) is 72.2 Å². The second kappa shape index (κ2) is 15.1. The molecule has 1 atom stereocenters. The Balaban J connectivity index is 0.00000576. The van der Waals surface area contributed by atoms with E-state index in [1.807, 2.05) is 61.6 Å². The number of amides is 3. The summed E-state index contributed by atoms with van der Waals surface area (Å²) in [6.07, 6.45) is 2.88. The maximum Gasteiger partial charge on any atom is 0.407 e. The van der Waals surface area contributed by atoms with Gasteiger partial charge in [-0.3, -0.25) is 9.59 Å². The number of carbonyl (C=O) groups excluding carboxylic acids is 4. The molecular formula is C33H41IN4O8. The first kappa shape index (κ1) is 36.5. The van der Waals surface area contributed by atoms with E-state index < -0.39 is 41.2 Å². The van der Waals surface area contributed by atoms with Gasteiger partial charge in [-0.15, -0.1) is 5.06 Å². The minimum Gasteiger partial charge on any atom is -1.00 e. The number of rotatable bonds is 11. The van der Waals surface area contributed by atoms with E-state index in [1.54, 1.807) is 45.0 Å². The number of alkyl carbamates (subject to hydrolysis) is 1. The summed E-state index contributed by atoms with van der Waals surface area (Å²) in [5.41, 5.74) is 0.915. The molecular weight excluding hydrogens is 707 g/mol. The lowest BCUT2D eigenvalue weighted by Gasteiger charge is -2.26. The van der Waals surface area contributed by atoms with Gasteiger partial charge in [0.15, 0.2) is 5.69 Å². The standard InChI is InChI=1S/C33H40N4O8.HI/c1-32(2,3)43-30(40)27(45-37-28(38)24-11-8-9-12-25(24)29(37)39)20-42-23-15-13-22(14-16-23)26-19-36(21-35(26)7)18-10-17-34-31(41)44-33(4,5)6;/h8-9,11-16,19,21,27H,10,17-18,20H2,1-7H3;1H. The van der Waals surface area contributed by atoms with Crippen LogP contribution in [0.25, 0.3) is 11.3 Å². The molecule has 1 N–H and O–H groups in total. The summed E-state index contributed by atoms with van der Waals surface area (Å²) in [5, 5.41) is 3.35. The van der Waals surface area contributed by atoms with Crippen LogP contribution in [0.15, 0.2) is 61.1 Å². The summed E-state index contributed by atoms with van der Waals surface area (Å²) >= 11 is 0. The highest BCUT2D eigenvalue weighted by Gasteiger charge is 2.40. The molecule has 4 rings (SSSR count). The number of fused-ring (bicyclic) bond motifs is 1. The summed E-state index contributed by atoms with van der Waals surface area (Å²) < 4.78 is 20.6. The van der Waals surface area contributed by atoms with E-state index in [0.29, 0.717) is 23.9 Å². The van der Waals surface area contributed by atoms with Crippen LogP contribution in [0.1, 0.15) is 68.7 Å². The van der Waals surface area contributed by atoms with Gasteiger partial charge in [-0.25, -0.2) is 23.6 Å². The summed E-state index contributed by atoms with van der Waals surface area (Å²) in [6.45, 7) is 11.5. The quantitative estimate of drug-likeness (QED) is 0.102. The minimum atomic E-state index is -1.39. The van der Waals surface area contributed by atoms with Crippen molar-refractivity contribution in [2.45, 2.75) is 71.8 Å². The lowest BCUT2D eigenvalue weighted by molar-refractivity contribution is -0.696. The molecule has 12 nitrogen and oxygen atoms in total. The van der Waals surface area contributed by atoms with Crippen molar-refractivity contribution in [1.29, 1.82) is 0 Å². The van der Waals surface area contributed by atoms with Gasteiger partial charge in [0.05, 0.1) is 24.7 Å². The van der Waals surface area contributed by atoms with E-state index >= 15 is 0 Å². The number of esters is 1. The summed E-state index contributed by atoms with van der Waals surface area (Å²) in [4.78, 5) is 56.2. The van der Waals surface area contributed by atoms with E-state index in [4.69, 9.17) is 19.0 Å². The number of halogens is 1. The fourth-order valence-corrected chi connectivity index (χ4v) is 4.53. The number of nitrogens with zero attached hydrogens (tertiary/aromatic N) is 3. The van der Waals surface area contributed by atoms with Gasteiger partial charge in [0.1, 0.15) is 29.8 Å². The average Bonchev–Trinajstić information content (AvgIpc) is 3.43. The highest BCUT2D eigenvalue weighted by atomic mass is 127. The van der Waals surface area contributed by atoms with Crippen LogP contribution in [-0.2, 0) is 32.7 Å². The van der Waals surface area contributed by atoms with Crippen molar-refractivity contribution in [3.8, 4) is 17.0 Å². The lowest BCUT2D eigenvalue weighted by Crippen LogP contribution is -3.00. The van der Waals surface area contributed by atoms with E-state index in [-0.39, 0.29) is 41.7 Å². The molecule has 0 aliphatic carbocycles. The largest absolute Gasteiger partial charge is 1.00 e. The Labute approximate surface area is 285 Å². The van der Waals surface area contributed by atoms with Gasteiger partial charge in [-0.1, -0.05) is 12.1 Å². The number of imide groups is 1. The van der Waals surface area contributed by atoms with Crippen LogP contribution < -0.4 is 38.6 Å². The smallest absolute Gasteiger partial charge is 0.407 e. The average molecular weight is 749 g/mol. The van der Waals surface area contributed by atoms with Crippen LogP contribution in [0, 0.1) is 0 Å². The third-order valence-corrected chi connectivity index (χ3v) is 6.46. The molecule has 46 heavy (non-hydrogen) atoms. The molecule has 0 bridgehead atoms. The van der Waals surface area contributed by atoms with Gasteiger partial charge in [0.25, 0.3) is 11.8 Å². The van der Waals surface area contributed by atoms with Crippen molar-refractivity contribution in [2.24, 2.45) is 7.05 Å². The monoisotopic (exact) mass is 748 g/mol. The van der Waals surface area contributed by atoms with Crippen LogP contribution >= 0.6 is 0 Å². The normalized spacial score (nSPS) is 13.5. The van der Waals surface area contributed by atoms with E-state index in [0.717, 1.165) is 17.7 Å². The molecule has 1 aromatic heterocycles. The zero-order valence-electron chi connectivity index (χ0n) is 27.2. The molecule has 1 aliphatic heterocycles. The van der Waals surface area contributed by atoms with Gasteiger partial charge in [0, 0.05) is 18.5 Å². The molecule has 1 unspecified atom stereocenters. The number of hydroxylamine groups is 2. The number of aryl methyl sites for hydroxylation is 2. The predicted molar refractivity (Wildman–Crippen MR) is 163 cm³/mol. The highest BCUT2D eigenvalue weighted by Crippen LogP contribution is 2.25. The first-order valence-electron chi connectivity index (χ1n) is 14.7. The summed E-state index contributed by atoms with van der Waals surface area (Å²) in [7, 11) is 1.94. The number of hydrogen-bond acceptors (Lipinski definition) is 8. The lowest BCUT2D eigenvalue weighted by atomic mass is 10.1. The number of hydrogen-bond donors (Lipinski definition) is 1. The van der Waals surface area contributed by atoms with E-state index in [2.05, 4.69) is 5.32 Å². The molecule has 3 aromatic rings. The highest BCUT2D eigenvalue weighted by molar-refractivity contribution is 6.20. The second-order valence-corrected chi connectivity index (χ2v) is 12.7. The zero-order valence-corrected chi connectivity index (χ0v) is 29.3. The molecule has 248 valence electrons. The van der Waals surface area contributed by atoms with Crippen molar-refractivity contribution >= 4 is 23.9 Å². The first-order chi connectivity index (χ1) is 21.1. The Morgan fingerprint density at radius 1 is 0.891 bits per heavy atom. The Morgan fingerprint density at radius 2 is 1.48 bits per heavy atom. The molecule has 0 saturated heterocycles. The molecule has 0 radical (unpaired) electrons. The van der Waals surface area contributed by atoms with Gasteiger partial charge in [-0.05, 0) is 77.9 Å². The molecule has 2 aromatic carbocycles. The minimum absolute atomic E-state index is 0. The molecule has 0 saturated carbocycles. The Kier molecular flexibility index (Phi) is 12.0. The number of benzene rings is 2. The van der Waals surface area contributed by atoms with Gasteiger partial charge < -0.3 is 43.5 Å². The molecule has 13 heteroatoms. The summed E-state index contributed by atoms with van der Waals surface area (Å²) in [5.74, 6) is -1.64. The molecule has 2 heterocycles. The number of nitrogens with one attached hydrogen (secondary N) is 1. The Hall–Kier alpha value is -3.98. The van der Waals surface area contributed by atoms with Crippen LogP contribution in [0.3, 0.4) is 0 Å². The fraction of sp³-hybridized carbons (Fsp3) is 0.424. The van der Waals surface area contributed by atoms with Crippen molar-refractivity contribution in [1.82, 2.24) is 14.9 Å². The molecule has 0 spiro atoms. The first-order valence-corrected chi connectivity index (χ1v) is 14.7. The van der Waals surface area contributed by atoms with Crippen molar-refractivity contribution in [2.75, 3.05) is 13.2 Å². The molecule has 3 amide bonds. The number of ether oxygens (including phenoxy) is 3. The third-order valence-electron chi connectivity index (χ3n) is 6.46. The topological polar surface area (TPSA) is 129 Å². The van der Waals surface area contributed by atoms with E-state index in [9.17, 15) is 19.2 Å². The fourth-order valence-electron chi connectivity index (χ4n) is 4.53. The molecule has 0 fully saturated rings. The third kappa shape index (κ3) is 9.76. The van der Waals surface area contributed by atoms with Gasteiger partial charge in [-0.2, -0.15) is 0 Å². The van der Waals surface area contributed by atoms with Crippen LogP contribution in [0.4, 0.5) is 4.79 Å². The molecule has 1 aliphatic rings. The van der Waals surface area contributed by atoms with Crippen LogP contribution in [-0.4, -0.2) is 64.0 Å². The zero-order chi connectivity index (χ0) is 32.9. The van der Waals surface area contributed by atoms with Crippen molar-refractivity contribution in [3.63, 3.8) is 0 Å². The predicted octanol–water partition coefficient (Wildman–Crippen LogP) is 1.22. The number of imidazole rings is 1. The maximum atomic E-state index is 13.0. The number of aromatic nitrogens is 2.